The number of nitrogens with one attached hydrogen (secondary N) is 2. The first-order valence-corrected chi connectivity index (χ1v) is 7.19. The molecule has 0 spiro atoms. The van der Waals surface area contributed by atoms with E-state index in [0.717, 1.165) is 6.42 Å². The zero-order chi connectivity index (χ0) is 16.4. The zero-order valence-corrected chi connectivity index (χ0v) is 12.7. The van der Waals surface area contributed by atoms with Crippen LogP contribution < -0.4 is 10.9 Å². The third kappa shape index (κ3) is 2.96. The van der Waals surface area contributed by atoms with Crippen LogP contribution in [0.15, 0.2) is 27.8 Å². The molecule has 0 bridgehead atoms. The quantitative estimate of drug-likeness (QED) is 0.759. The van der Waals surface area contributed by atoms with Gasteiger partial charge in [-0.1, -0.05) is 6.92 Å². The average molecular weight is 313 g/mol. The van der Waals surface area contributed by atoms with Crippen molar-refractivity contribution in [2.45, 2.75) is 26.7 Å². The lowest BCUT2D eigenvalue weighted by Crippen LogP contribution is -2.14. The molecule has 0 unspecified atom stereocenters. The highest BCUT2D eigenvalue weighted by atomic mass is 16.4. The highest BCUT2D eigenvalue weighted by Gasteiger charge is 2.18. The van der Waals surface area contributed by atoms with Gasteiger partial charge in [0.25, 0.3) is 11.5 Å². The van der Waals surface area contributed by atoms with E-state index in [-0.39, 0.29) is 17.1 Å². The van der Waals surface area contributed by atoms with Gasteiger partial charge in [0.05, 0.1) is 29.1 Å². The number of aromatic amines is 1. The molecule has 8 nitrogen and oxygen atoms in total. The molecule has 23 heavy (non-hydrogen) atoms. The second kappa shape index (κ2) is 5.99. The summed E-state index contributed by atoms with van der Waals surface area (Å²) in [4.78, 5) is 38.8. The van der Waals surface area contributed by atoms with Crippen molar-refractivity contribution in [2.24, 2.45) is 0 Å². The van der Waals surface area contributed by atoms with Gasteiger partial charge in [0.2, 0.25) is 5.76 Å². The van der Waals surface area contributed by atoms with Crippen LogP contribution in [0, 0.1) is 6.92 Å². The Morgan fingerprint density at radius 1 is 1.39 bits per heavy atom. The van der Waals surface area contributed by atoms with Crippen molar-refractivity contribution in [3.63, 3.8) is 0 Å². The number of oxazole rings is 1. The van der Waals surface area contributed by atoms with Gasteiger partial charge in [0.1, 0.15) is 5.82 Å². The predicted molar refractivity (Wildman–Crippen MR) is 83.3 cm³/mol. The van der Waals surface area contributed by atoms with E-state index in [9.17, 15) is 9.59 Å². The molecule has 3 aromatic rings. The molecule has 8 heteroatoms. The Kier molecular flexibility index (Phi) is 3.88. The molecule has 118 valence electrons. The predicted octanol–water partition coefficient (Wildman–Crippen LogP) is 1.82. The number of hydrogen-bond donors (Lipinski definition) is 2. The molecule has 0 fully saturated rings. The summed E-state index contributed by atoms with van der Waals surface area (Å²) in [5.41, 5.74) is 0.674. The smallest absolute Gasteiger partial charge is 0.294 e. The first-order valence-electron chi connectivity index (χ1n) is 7.19. The van der Waals surface area contributed by atoms with E-state index in [4.69, 9.17) is 4.42 Å². The molecule has 3 aromatic heterocycles. The maximum absolute atomic E-state index is 12.3. The van der Waals surface area contributed by atoms with E-state index in [1.54, 1.807) is 6.92 Å². The Labute approximate surface area is 131 Å². The summed E-state index contributed by atoms with van der Waals surface area (Å²) < 4.78 is 5.47. The van der Waals surface area contributed by atoms with Crippen LogP contribution in [0.5, 0.6) is 0 Å². The van der Waals surface area contributed by atoms with Gasteiger partial charge < -0.3 is 14.7 Å². The number of hydrogen-bond acceptors (Lipinski definition) is 6. The maximum atomic E-state index is 12.3. The molecule has 0 aliphatic rings. The number of H-pyrrole nitrogens is 1. The first-order chi connectivity index (χ1) is 11.1. The fraction of sp³-hybridized carbons (Fsp3) is 0.267. The second-order valence-electron chi connectivity index (χ2n) is 5.04. The highest BCUT2D eigenvalue weighted by molar-refractivity contribution is 6.03. The Morgan fingerprint density at radius 2 is 2.22 bits per heavy atom. The summed E-state index contributed by atoms with van der Waals surface area (Å²) in [6, 6.07) is 1.47. The largest absolute Gasteiger partial charge is 0.435 e. The number of fused-ring (bicyclic) bond motifs is 1. The van der Waals surface area contributed by atoms with Gasteiger partial charge >= 0.3 is 0 Å². The van der Waals surface area contributed by atoms with Crippen molar-refractivity contribution in [3.05, 3.63) is 46.3 Å². The fourth-order valence-electron chi connectivity index (χ4n) is 2.20. The summed E-state index contributed by atoms with van der Waals surface area (Å²) in [5.74, 6) is 0.469. The van der Waals surface area contributed by atoms with Gasteiger partial charge in [0, 0.05) is 6.42 Å². The van der Waals surface area contributed by atoms with Crippen LogP contribution >= 0.6 is 0 Å². The number of amides is 1. The average Bonchev–Trinajstić information content (AvgIpc) is 2.89. The van der Waals surface area contributed by atoms with Crippen LogP contribution in [0.3, 0.4) is 0 Å². The van der Waals surface area contributed by atoms with E-state index in [0.29, 0.717) is 28.9 Å². The number of nitrogens with zero attached hydrogens (tertiary/aromatic N) is 3. The summed E-state index contributed by atoms with van der Waals surface area (Å²) in [6.07, 6.45) is 4.28. The maximum Gasteiger partial charge on any atom is 0.294 e. The van der Waals surface area contributed by atoms with E-state index >= 15 is 0 Å². The van der Waals surface area contributed by atoms with Crippen molar-refractivity contribution in [1.82, 2.24) is 19.9 Å². The second-order valence-corrected chi connectivity index (χ2v) is 5.04. The number of aryl methyl sites for hydroxylation is 2. The molecule has 3 rings (SSSR count). The van der Waals surface area contributed by atoms with Gasteiger partial charge in [-0.15, -0.1) is 0 Å². The third-order valence-corrected chi connectivity index (χ3v) is 3.28. The van der Waals surface area contributed by atoms with Crippen LogP contribution in [-0.4, -0.2) is 25.8 Å². The minimum Gasteiger partial charge on any atom is -0.435 e. The summed E-state index contributed by atoms with van der Waals surface area (Å²) >= 11 is 0. The normalized spacial score (nSPS) is 10.9. The number of carbonyl (C=O) groups excluding carboxylic acids is 1. The molecular weight excluding hydrogens is 298 g/mol. The number of pyridine rings is 1. The van der Waals surface area contributed by atoms with Crippen molar-refractivity contribution in [2.75, 3.05) is 5.32 Å². The SMILES string of the molecule is CCCc1nc(C)c(C(=O)Nc2cc3c(=O)[nH]cnc3cn2)o1. The Morgan fingerprint density at radius 3 is 3.00 bits per heavy atom. The zero-order valence-electron chi connectivity index (χ0n) is 12.7. The molecular formula is C15H15N5O3. The Hall–Kier alpha value is -3.03. The minimum absolute atomic E-state index is 0.149. The lowest BCUT2D eigenvalue weighted by molar-refractivity contribution is 0.0993. The highest BCUT2D eigenvalue weighted by Crippen LogP contribution is 2.15. The molecule has 0 radical (unpaired) electrons. The van der Waals surface area contributed by atoms with Gasteiger partial charge in [-0.25, -0.2) is 15.0 Å². The standard InChI is InChI=1S/C15H15N5O3/c1-3-4-12-19-8(2)13(23-12)15(22)20-11-5-9-10(6-16-11)17-7-18-14(9)21/h5-7H,3-4H2,1-2H3,(H,16,20,22)(H,17,18,21). The van der Waals surface area contributed by atoms with Gasteiger partial charge in [0.15, 0.2) is 5.89 Å². The number of anilines is 1. The van der Waals surface area contributed by atoms with E-state index in [1.165, 1.54) is 18.6 Å². The molecule has 0 aliphatic carbocycles. The minimum atomic E-state index is -0.454. The van der Waals surface area contributed by atoms with Crippen LogP contribution in [0.2, 0.25) is 0 Å². The van der Waals surface area contributed by atoms with E-state index in [2.05, 4.69) is 25.3 Å². The first kappa shape index (κ1) is 14.9. The molecule has 0 aromatic carbocycles. The van der Waals surface area contributed by atoms with Crippen LogP contribution in [-0.2, 0) is 6.42 Å². The summed E-state index contributed by atoms with van der Waals surface area (Å²) in [5, 5.41) is 2.96. The van der Waals surface area contributed by atoms with Gasteiger partial charge in [-0.05, 0) is 19.4 Å². The van der Waals surface area contributed by atoms with Crippen molar-refractivity contribution in [1.29, 1.82) is 0 Å². The molecule has 0 saturated heterocycles. The Bertz CT molecular complexity index is 928. The van der Waals surface area contributed by atoms with Crippen LogP contribution in [0.1, 0.15) is 35.5 Å². The molecule has 1 amide bonds. The topological polar surface area (TPSA) is 114 Å². The van der Waals surface area contributed by atoms with Gasteiger partial charge in [-0.2, -0.15) is 0 Å². The van der Waals surface area contributed by atoms with Gasteiger partial charge in [-0.3, -0.25) is 9.59 Å². The molecule has 0 saturated carbocycles. The van der Waals surface area contributed by atoms with Crippen molar-refractivity contribution >= 4 is 22.6 Å². The lowest BCUT2D eigenvalue weighted by atomic mass is 10.3. The molecule has 0 atom stereocenters. The van der Waals surface area contributed by atoms with Crippen LogP contribution in [0.4, 0.5) is 5.82 Å². The number of rotatable bonds is 4. The van der Waals surface area contributed by atoms with Crippen LogP contribution in [0.25, 0.3) is 10.9 Å². The lowest BCUT2D eigenvalue weighted by Gasteiger charge is -2.03. The Balaban J connectivity index is 1.88. The van der Waals surface area contributed by atoms with Crippen molar-refractivity contribution < 1.29 is 9.21 Å². The molecule has 2 N–H and O–H groups in total. The molecule has 3 heterocycles. The summed E-state index contributed by atoms with van der Waals surface area (Å²) in [6.45, 7) is 3.71. The number of carbonyl (C=O) groups is 1. The third-order valence-electron chi connectivity index (χ3n) is 3.28. The summed E-state index contributed by atoms with van der Waals surface area (Å²) in [7, 11) is 0. The fourth-order valence-corrected chi connectivity index (χ4v) is 2.20. The van der Waals surface area contributed by atoms with Crippen molar-refractivity contribution in [3.8, 4) is 0 Å². The number of aromatic nitrogens is 4. The molecule has 0 aliphatic heterocycles. The van der Waals surface area contributed by atoms with E-state index in [1.807, 2.05) is 6.92 Å². The van der Waals surface area contributed by atoms with E-state index < -0.39 is 5.91 Å². The monoisotopic (exact) mass is 313 g/mol.